The minimum Gasteiger partial charge on any atom is -0.458 e. The number of fused-ring (bicyclic) bond motifs is 3. The summed E-state index contributed by atoms with van der Waals surface area (Å²) >= 11 is 4.98. The lowest BCUT2D eigenvalue weighted by Gasteiger charge is -2.37. The molecule has 9 rings (SSSR count). The zero-order valence-electron chi connectivity index (χ0n) is 36.8. The molecule has 2 saturated carbocycles. The Hall–Kier alpha value is -6.45. The normalized spacial score (nSPS) is 20.0. The molecular weight excluding hydrogens is 833 g/mol. The number of nitriles is 2. The van der Waals surface area contributed by atoms with Gasteiger partial charge in [-0.2, -0.15) is 23.2 Å². The number of hydrogen-bond acceptors (Lipinski definition) is 10. The lowest BCUT2D eigenvalue weighted by atomic mass is 9.89. The monoisotopic (exact) mass is 886 g/mol. The average molecular weight is 887 g/mol. The van der Waals surface area contributed by atoms with Crippen molar-refractivity contribution in [3.8, 4) is 23.3 Å². The van der Waals surface area contributed by atoms with Crippen LogP contribution in [-0.2, 0) is 13.1 Å². The van der Waals surface area contributed by atoms with Crippen molar-refractivity contribution in [1.29, 1.82) is 10.5 Å². The smallest absolute Gasteiger partial charge is 0.289 e. The molecule has 0 radical (unpaired) electrons. The molecule has 2 amide bonds. The fraction of sp³-hybridized carbons (Fsp3) is 0.373. The number of furan rings is 1. The van der Waals surface area contributed by atoms with E-state index in [-0.39, 0.29) is 41.2 Å². The Bertz CT molecular complexity index is 2920. The Morgan fingerprint density at radius 2 is 1.40 bits per heavy atom. The zero-order valence-corrected chi connectivity index (χ0v) is 37.7. The predicted molar refractivity (Wildman–Crippen MR) is 255 cm³/mol. The Morgan fingerprint density at radius 3 is 2.09 bits per heavy atom. The van der Waals surface area contributed by atoms with Crippen LogP contribution in [0.3, 0.4) is 0 Å². The Kier molecular flexibility index (Phi) is 13.0. The van der Waals surface area contributed by atoms with E-state index in [1.165, 1.54) is 5.56 Å². The topological polar surface area (TPSA) is 183 Å². The first-order valence-corrected chi connectivity index (χ1v) is 23.4. The van der Waals surface area contributed by atoms with Gasteiger partial charge < -0.3 is 34.8 Å². The van der Waals surface area contributed by atoms with Crippen LogP contribution in [0.5, 0.6) is 0 Å². The van der Waals surface area contributed by atoms with E-state index in [9.17, 15) is 20.1 Å². The van der Waals surface area contributed by atoms with Gasteiger partial charge in [0.05, 0.1) is 40.2 Å². The molecule has 14 heteroatoms. The van der Waals surface area contributed by atoms with Gasteiger partial charge in [0.25, 0.3) is 11.8 Å². The van der Waals surface area contributed by atoms with E-state index in [4.69, 9.17) is 22.0 Å². The van der Waals surface area contributed by atoms with Crippen LogP contribution in [0.25, 0.3) is 44.2 Å². The molecule has 3 aromatic heterocycles. The van der Waals surface area contributed by atoms with Crippen LogP contribution >= 0.6 is 12.6 Å². The zero-order chi connectivity index (χ0) is 45.0. The number of para-hydroxylation sites is 1. The average Bonchev–Trinajstić information content (AvgIpc) is 4.04. The molecule has 5 atom stereocenters. The van der Waals surface area contributed by atoms with E-state index in [0.29, 0.717) is 59.3 Å². The fourth-order valence-electron chi connectivity index (χ4n) is 9.98. The van der Waals surface area contributed by atoms with Crippen molar-refractivity contribution in [3.63, 3.8) is 0 Å². The molecule has 4 N–H and O–H groups in total. The van der Waals surface area contributed by atoms with Crippen molar-refractivity contribution < 1.29 is 14.0 Å². The van der Waals surface area contributed by atoms with Gasteiger partial charge >= 0.3 is 0 Å². The van der Waals surface area contributed by atoms with Gasteiger partial charge in [-0.05, 0) is 118 Å². The summed E-state index contributed by atoms with van der Waals surface area (Å²) in [5, 5.41) is 27.5. The first kappa shape index (κ1) is 43.8. The first-order chi connectivity index (χ1) is 31.7. The molecule has 2 fully saturated rings. The summed E-state index contributed by atoms with van der Waals surface area (Å²) in [4.78, 5) is 47.6. The van der Waals surface area contributed by atoms with Gasteiger partial charge in [-0.1, -0.05) is 48.9 Å². The fourth-order valence-corrected chi connectivity index (χ4v) is 10.4. The van der Waals surface area contributed by atoms with Gasteiger partial charge in [0, 0.05) is 54.4 Å². The highest BCUT2D eigenvalue weighted by atomic mass is 32.1. The molecule has 13 nitrogen and oxygen atoms in total. The predicted octanol–water partition coefficient (Wildman–Crippen LogP) is 9.02. The maximum absolute atomic E-state index is 14.2. The lowest BCUT2D eigenvalue weighted by molar-refractivity contribution is 0.0615. The van der Waals surface area contributed by atoms with Gasteiger partial charge in [-0.3, -0.25) is 9.59 Å². The molecule has 2 aliphatic rings. The second-order valence-corrected chi connectivity index (χ2v) is 18.1. The number of H-pyrrole nitrogens is 2. The van der Waals surface area contributed by atoms with Gasteiger partial charge in [0.15, 0.2) is 11.6 Å². The number of hydrogen-bond donors (Lipinski definition) is 5. The van der Waals surface area contributed by atoms with Crippen molar-refractivity contribution in [2.45, 2.75) is 108 Å². The number of imidazole rings is 2. The van der Waals surface area contributed by atoms with E-state index in [0.717, 1.165) is 91.0 Å². The number of thiol groups is 1. The van der Waals surface area contributed by atoms with E-state index in [1.54, 1.807) is 18.2 Å². The van der Waals surface area contributed by atoms with Crippen molar-refractivity contribution in [2.75, 3.05) is 13.1 Å². The number of nitrogens with one attached hydrogen (secondary N) is 4. The van der Waals surface area contributed by atoms with Crippen molar-refractivity contribution in [3.05, 3.63) is 119 Å². The van der Waals surface area contributed by atoms with Gasteiger partial charge in [-0.25, -0.2) is 9.97 Å². The Morgan fingerprint density at radius 1 is 0.754 bits per heavy atom. The van der Waals surface area contributed by atoms with E-state index in [2.05, 4.69) is 68.1 Å². The van der Waals surface area contributed by atoms with Crippen molar-refractivity contribution in [2.24, 2.45) is 0 Å². The van der Waals surface area contributed by atoms with Crippen LogP contribution < -0.4 is 10.6 Å². The second-order valence-electron chi connectivity index (χ2n) is 17.4. The summed E-state index contributed by atoms with van der Waals surface area (Å²) in [6.45, 7) is 6.29. The van der Waals surface area contributed by atoms with Crippen molar-refractivity contribution in [1.82, 2.24) is 40.4 Å². The molecule has 0 saturated heterocycles. The number of rotatable bonds is 13. The number of nitrogens with zero attached hydrogens (tertiary/aromatic N) is 6. The number of carbonyl (C=O) groups is 2. The molecule has 2 aliphatic carbocycles. The summed E-state index contributed by atoms with van der Waals surface area (Å²) in [6.07, 6.45) is 7.36. The molecule has 0 spiro atoms. The van der Waals surface area contributed by atoms with E-state index < -0.39 is 0 Å². The molecule has 0 unspecified atom stereocenters. The maximum atomic E-state index is 14.2. The third-order valence-corrected chi connectivity index (χ3v) is 14.1. The Balaban J connectivity index is 0.811. The molecule has 332 valence electrons. The van der Waals surface area contributed by atoms with Crippen LogP contribution in [0.2, 0.25) is 0 Å². The van der Waals surface area contributed by atoms with Gasteiger partial charge in [0.2, 0.25) is 0 Å². The molecule has 65 heavy (non-hydrogen) atoms. The van der Waals surface area contributed by atoms with E-state index in [1.807, 2.05) is 60.0 Å². The summed E-state index contributed by atoms with van der Waals surface area (Å²) in [5.74, 6) is 1.03. The third-order valence-electron chi connectivity index (χ3n) is 13.4. The highest BCUT2D eigenvalue weighted by Crippen LogP contribution is 2.31. The van der Waals surface area contributed by atoms with Gasteiger partial charge in [-0.15, -0.1) is 0 Å². The quantitative estimate of drug-likeness (QED) is 0.0557. The number of carbonyl (C=O) groups excluding carboxylic acids is 2. The standard InChI is InChI=1S/C51H54N10O3S/c1-3-60(50(62)48-56-40-21-17-32(27-52)23-42(40)58-48)36-10-7-9-35(25-36)54-29-31-15-18-33(19-16-31)34-20-22-41-43(24-34)59-49(57-41)51(63)61(4-2)37-11-8-14-47(65)44(26-37)55-30-46-39(28-53)38-12-5-6-13-45(38)64-46/h5-6,12-13,15-24,35-37,44,47,54-55,65H,3-4,7-11,14,25-26,29-30H2,1-2H3,(H,56,58)(H,57,59)/t35-,36+,37+,44+,47+/m1/s1. The van der Waals surface area contributed by atoms with E-state index >= 15 is 0 Å². The summed E-state index contributed by atoms with van der Waals surface area (Å²) in [5.41, 5.74) is 7.94. The minimum atomic E-state index is -0.118. The van der Waals surface area contributed by atoms with Gasteiger partial charge in [0.1, 0.15) is 23.0 Å². The number of aromatic amines is 2. The summed E-state index contributed by atoms with van der Waals surface area (Å²) in [7, 11) is 0. The molecule has 4 aromatic carbocycles. The molecule has 0 aliphatic heterocycles. The largest absolute Gasteiger partial charge is 0.458 e. The molecule has 7 aromatic rings. The second kappa shape index (κ2) is 19.3. The molecular formula is C51H54N10O3S. The number of benzene rings is 4. The number of amides is 2. The molecule has 0 bridgehead atoms. The Labute approximate surface area is 384 Å². The highest BCUT2D eigenvalue weighted by Gasteiger charge is 2.34. The van der Waals surface area contributed by atoms with Crippen molar-refractivity contribution >= 4 is 57.5 Å². The molecule has 3 heterocycles. The van der Waals surface area contributed by atoms with Crippen LogP contribution in [0, 0.1) is 22.7 Å². The third kappa shape index (κ3) is 9.25. The highest BCUT2D eigenvalue weighted by molar-refractivity contribution is 7.81. The number of aromatic nitrogens is 4. The van der Waals surface area contributed by atoms with Crippen LogP contribution in [0.1, 0.15) is 109 Å². The maximum Gasteiger partial charge on any atom is 0.289 e. The summed E-state index contributed by atoms with van der Waals surface area (Å²) in [6, 6.07) is 32.3. The van der Waals surface area contributed by atoms with Crippen LogP contribution in [-0.4, -0.2) is 84.1 Å². The SMILES string of the molecule is CCN(C(=O)c1nc2cc(C#N)ccc2[nH]1)[C@H]1CCC[C@@H](NCc2ccc(-c3ccc4[nH]c(C(=O)N(CC)[C@H]5CCC[C@H](S)[C@@H](NCc6oc7ccccc7c6C#N)C5)nc4c3)cc2)C1. The van der Waals surface area contributed by atoms with Crippen LogP contribution in [0.15, 0.2) is 89.3 Å². The first-order valence-electron chi connectivity index (χ1n) is 22.9. The minimum absolute atomic E-state index is 0.00504. The lowest BCUT2D eigenvalue weighted by Crippen LogP contribution is -2.47. The summed E-state index contributed by atoms with van der Waals surface area (Å²) < 4.78 is 6.07. The van der Waals surface area contributed by atoms with Crippen LogP contribution in [0.4, 0.5) is 0 Å².